The van der Waals surface area contributed by atoms with E-state index in [0.29, 0.717) is 6.42 Å². The Hall–Kier alpha value is -2.87. The number of likely N-dealkylation sites (N-methyl/N-ethyl adjacent to an activating group) is 1. The van der Waals surface area contributed by atoms with Gasteiger partial charge in [0.25, 0.3) is 0 Å². The Balaban J connectivity index is 2.13. The molecule has 0 aromatic rings. The van der Waals surface area contributed by atoms with Crippen LogP contribution in [0.25, 0.3) is 0 Å². The average Bonchev–Trinajstić information content (AvgIpc) is 3.30. The molecule has 3 heterocycles. The quantitative estimate of drug-likeness (QED) is 0.194. The van der Waals surface area contributed by atoms with Crippen molar-refractivity contribution in [3.63, 3.8) is 0 Å². The van der Waals surface area contributed by atoms with Crippen LogP contribution in [-0.4, -0.2) is 110 Å². The number of Topliss-reactive ketones (excluding diaryl/α,β-unsaturated/α-hetero) is 2. The highest BCUT2D eigenvalue weighted by Crippen LogP contribution is 2.40. The molecule has 1 unspecified atom stereocenters. The number of carbonyl (C=O) groups excluding carboxylic acids is 5. The van der Waals surface area contributed by atoms with Crippen LogP contribution in [0.4, 0.5) is 4.79 Å². The smallest absolute Gasteiger partial charge is 0.408 e. The van der Waals surface area contributed by atoms with Gasteiger partial charge in [0, 0.05) is 31.4 Å². The van der Waals surface area contributed by atoms with Crippen LogP contribution in [0.1, 0.15) is 74.7 Å². The fourth-order valence-electron chi connectivity index (χ4n) is 7.11. The summed E-state index contributed by atoms with van der Waals surface area (Å²) in [7, 11) is 5.18. The Morgan fingerprint density at radius 1 is 1.11 bits per heavy atom. The summed E-state index contributed by atoms with van der Waals surface area (Å²) in [5.41, 5.74) is -2.68. The number of amides is 1. The molecule has 1 amide bonds. The first-order valence-corrected chi connectivity index (χ1v) is 16.0. The van der Waals surface area contributed by atoms with Crippen molar-refractivity contribution in [3.8, 4) is 0 Å². The highest BCUT2D eigenvalue weighted by molar-refractivity contribution is 6.00. The molecule has 0 radical (unpaired) electrons. The van der Waals surface area contributed by atoms with Gasteiger partial charge in [-0.25, -0.2) is 4.79 Å². The Morgan fingerprint density at radius 2 is 1.74 bits per heavy atom. The van der Waals surface area contributed by atoms with E-state index in [2.05, 4.69) is 11.9 Å². The second-order valence-corrected chi connectivity index (χ2v) is 13.6. The van der Waals surface area contributed by atoms with Crippen molar-refractivity contribution < 1.29 is 52.4 Å². The van der Waals surface area contributed by atoms with Crippen molar-refractivity contribution in [3.05, 3.63) is 12.2 Å². The van der Waals surface area contributed by atoms with Gasteiger partial charge in [0.15, 0.2) is 29.6 Å². The van der Waals surface area contributed by atoms with E-state index in [1.165, 1.54) is 21.0 Å². The summed E-state index contributed by atoms with van der Waals surface area (Å²) in [5, 5.41) is 2.66. The van der Waals surface area contributed by atoms with Crippen molar-refractivity contribution in [2.75, 3.05) is 21.2 Å². The number of alkyl carbamates (subject to hydrolysis) is 1. The number of nitrogens with zero attached hydrogens (tertiary/aromatic N) is 1. The number of nitrogens with one attached hydrogen (secondary N) is 1. The Kier molecular flexibility index (Phi) is 11.8. The molecule has 3 fully saturated rings. The number of cyclic esters (lactones) is 1. The Labute approximate surface area is 272 Å². The third-order valence-corrected chi connectivity index (χ3v) is 9.83. The van der Waals surface area contributed by atoms with Gasteiger partial charge in [0.2, 0.25) is 0 Å². The first kappa shape index (κ1) is 37.6. The number of carbonyl (C=O) groups is 5. The van der Waals surface area contributed by atoms with Crippen LogP contribution in [0.15, 0.2) is 12.2 Å². The molecule has 13 heteroatoms. The van der Waals surface area contributed by atoms with Crippen molar-refractivity contribution in [2.45, 2.75) is 129 Å². The van der Waals surface area contributed by atoms with Crippen LogP contribution in [0.3, 0.4) is 0 Å². The molecule has 46 heavy (non-hydrogen) atoms. The van der Waals surface area contributed by atoms with E-state index >= 15 is 0 Å². The summed E-state index contributed by atoms with van der Waals surface area (Å²) in [5.74, 6) is -5.15. The van der Waals surface area contributed by atoms with Gasteiger partial charge in [-0.05, 0) is 61.1 Å². The van der Waals surface area contributed by atoms with Gasteiger partial charge in [-0.15, -0.1) is 0 Å². The highest BCUT2D eigenvalue weighted by Gasteiger charge is 2.56. The van der Waals surface area contributed by atoms with E-state index in [9.17, 15) is 24.0 Å². The molecular formula is C33H52N2O11. The van der Waals surface area contributed by atoms with Crippen LogP contribution in [0.5, 0.6) is 0 Å². The third-order valence-electron chi connectivity index (χ3n) is 9.83. The van der Waals surface area contributed by atoms with Gasteiger partial charge >= 0.3 is 18.0 Å². The van der Waals surface area contributed by atoms with Crippen molar-refractivity contribution >= 4 is 29.6 Å². The van der Waals surface area contributed by atoms with Gasteiger partial charge in [-0.3, -0.25) is 19.2 Å². The molecule has 0 aromatic carbocycles. The number of rotatable bonds is 6. The molecule has 0 spiro atoms. The minimum absolute atomic E-state index is 0.0650. The molecule has 3 saturated heterocycles. The molecule has 1 N–H and O–H groups in total. The molecule has 0 aromatic heterocycles. The zero-order valence-electron chi connectivity index (χ0n) is 29.0. The van der Waals surface area contributed by atoms with E-state index in [0.717, 1.165) is 0 Å². The first-order chi connectivity index (χ1) is 21.3. The molecule has 0 aliphatic carbocycles. The molecule has 260 valence electrons. The number of fused-ring (bicyclic) bond motifs is 1. The van der Waals surface area contributed by atoms with Crippen molar-refractivity contribution in [2.24, 2.45) is 17.8 Å². The fraction of sp³-hybridized carbons (Fsp3) is 0.788. The van der Waals surface area contributed by atoms with Crippen molar-refractivity contribution in [1.29, 1.82) is 0 Å². The molecule has 3 rings (SSSR count). The maximum atomic E-state index is 14.1. The van der Waals surface area contributed by atoms with Gasteiger partial charge in [-0.1, -0.05) is 27.4 Å². The summed E-state index contributed by atoms with van der Waals surface area (Å²) in [6.07, 6.45) is -4.23. The number of ether oxygens (including phenoxy) is 6. The van der Waals surface area contributed by atoms with Gasteiger partial charge < -0.3 is 38.6 Å². The third kappa shape index (κ3) is 7.48. The van der Waals surface area contributed by atoms with Crippen LogP contribution in [0.2, 0.25) is 0 Å². The number of hydrogen-bond donors (Lipinski definition) is 1. The number of hydrogen-bond acceptors (Lipinski definition) is 12. The molecule has 0 bridgehead atoms. The van der Waals surface area contributed by atoms with E-state index in [1.807, 2.05) is 25.9 Å². The first-order valence-electron chi connectivity index (χ1n) is 16.0. The SMILES string of the molecule is C=C1C(=O)[C@H](C)C[C@](C)(OC)[C@H](OC2O[C@H](C)C[C@H](N(C)C)[C@H]2OC(C)=O)[C@@H](C)C(=O)[C@@H](C)C(=O)O[C@H](CC)[C@@]2(C)OC(=O)N[C@H]12. The van der Waals surface area contributed by atoms with Crippen LogP contribution < -0.4 is 5.32 Å². The zero-order chi connectivity index (χ0) is 34.9. The summed E-state index contributed by atoms with van der Waals surface area (Å²) in [6, 6.07) is -1.26. The predicted molar refractivity (Wildman–Crippen MR) is 166 cm³/mol. The average molecular weight is 653 g/mol. The van der Waals surface area contributed by atoms with Crippen LogP contribution >= 0.6 is 0 Å². The van der Waals surface area contributed by atoms with Crippen LogP contribution in [-0.2, 0) is 47.6 Å². The minimum Gasteiger partial charge on any atom is -0.457 e. The topological polar surface area (TPSA) is 156 Å². The molecule has 12 atom stereocenters. The van der Waals surface area contributed by atoms with Gasteiger partial charge in [0.1, 0.15) is 18.1 Å². The Bertz CT molecular complexity index is 1210. The van der Waals surface area contributed by atoms with E-state index in [-0.39, 0.29) is 36.3 Å². The molecular weight excluding hydrogens is 600 g/mol. The molecule has 13 nitrogen and oxygen atoms in total. The summed E-state index contributed by atoms with van der Waals surface area (Å²) >= 11 is 0. The van der Waals surface area contributed by atoms with E-state index < -0.39 is 83.4 Å². The van der Waals surface area contributed by atoms with Gasteiger partial charge in [0.05, 0.1) is 23.9 Å². The normalized spacial score (nSPS) is 41.3. The zero-order valence-corrected chi connectivity index (χ0v) is 29.0. The standard InChI is InChI=1S/C33H52N2O11/c1-13-23-33(9)27(34-31(40)46-33)18(4)24(37)16(2)15-32(8,41-12)28(19(5)25(38)20(6)29(39)44-23)45-30-26(43-21(7)36)22(35(10)11)14-17(3)42-30/h16-17,19-20,22-23,26-28,30H,4,13-15H2,1-3,5-12H3,(H,34,40)/t16-,17-,19+,20-,22+,23-,26-,27-,28-,30?,32+,33-/m1/s1. The molecule has 0 saturated carbocycles. The summed E-state index contributed by atoms with van der Waals surface area (Å²) in [4.78, 5) is 68.2. The number of ketones is 2. The second kappa shape index (κ2) is 14.5. The van der Waals surface area contributed by atoms with Crippen molar-refractivity contribution in [1.82, 2.24) is 10.2 Å². The van der Waals surface area contributed by atoms with E-state index in [4.69, 9.17) is 28.4 Å². The summed E-state index contributed by atoms with van der Waals surface area (Å²) < 4.78 is 36.1. The van der Waals surface area contributed by atoms with Gasteiger partial charge in [-0.2, -0.15) is 0 Å². The lowest BCUT2D eigenvalue weighted by Crippen LogP contribution is -2.60. The van der Waals surface area contributed by atoms with Crippen LogP contribution in [0, 0.1) is 17.8 Å². The lowest BCUT2D eigenvalue weighted by atomic mass is 9.75. The Morgan fingerprint density at radius 3 is 2.28 bits per heavy atom. The summed E-state index contributed by atoms with van der Waals surface area (Å²) in [6.45, 7) is 17.0. The molecule has 3 aliphatic heterocycles. The maximum absolute atomic E-state index is 14.1. The highest BCUT2D eigenvalue weighted by atomic mass is 16.7. The fourth-order valence-corrected chi connectivity index (χ4v) is 7.11. The number of esters is 2. The largest absolute Gasteiger partial charge is 0.457 e. The minimum atomic E-state index is -1.45. The number of methoxy groups -OCH3 is 1. The van der Waals surface area contributed by atoms with E-state index in [1.54, 1.807) is 34.6 Å². The predicted octanol–water partition coefficient (Wildman–Crippen LogP) is 2.97. The second-order valence-electron chi connectivity index (χ2n) is 13.6. The molecule has 3 aliphatic rings. The lowest BCUT2D eigenvalue weighted by molar-refractivity contribution is -0.297. The maximum Gasteiger partial charge on any atom is 0.408 e. The lowest BCUT2D eigenvalue weighted by Gasteiger charge is -2.47. The monoisotopic (exact) mass is 652 g/mol.